The van der Waals surface area contributed by atoms with Crippen molar-refractivity contribution in [1.29, 1.82) is 0 Å². The number of nitrogens with two attached hydrogens (primary N) is 1. The van der Waals surface area contributed by atoms with E-state index < -0.39 is 0 Å². The van der Waals surface area contributed by atoms with E-state index in [4.69, 9.17) is 5.73 Å². The summed E-state index contributed by atoms with van der Waals surface area (Å²) in [6.07, 6.45) is 7.50. The first-order chi connectivity index (χ1) is 12.0. The number of allylic oxidation sites excluding steroid dienone is 4. The molecule has 1 fully saturated rings. The van der Waals surface area contributed by atoms with Crippen LogP contribution in [0.2, 0.25) is 0 Å². The molecule has 4 rings (SSSR count). The summed E-state index contributed by atoms with van der Waals surface area (Å²) in [6, 6.07) is 5.08. The van der Waals surface area contributed by atoms with Crippen molar-refractivity contribution in [1.82, 2.24) is 5.32 Å². The van der Waals surface area contributed by atoms with Gasteiger partial charge in [-0.25, -0.2) is 4.39 Å². The number of nitrogens with zero attached hydrogens (tertiary/aromatic N) is 2. The number of halogens is 1. The lowest BCUT2D eigenvalue weighted by Gasteiger charge is -2.43. The summed E-state index contributed by atoms with van der Waals surface area (Å²) in [5.41, 5.74) is 10.4. The molecule has 130 valence electrons. The van der Waals surface area contributed by atoms with Crippen LogP contribution in [0.4, 0.5) is 4.39 Å². The Balaban J connectivity index is 1.81. The molecule has 0 amide bonds. The Bertz CT molecular complexity index is 821. The predicted molar refractivity (Wildman–Crippen MR) is 98.9 cm³/mol. The van der Waals surface area contributed by atoms with Crippen LogP contribution in [0.5, 0.6) is 0 Å². The summed E-state index contributed by atoms with van der Waals surface area (Å²) in [5.74, 6) is 1.13. The first-order valence-corrected chi connectivity index (χ1v) is 8.80. The molecular weight excluding hydrogens is 315 g/mol. The van der Waals surface area contributed by atoms with E-state index in [-0.39, 0.29) is 23.6 Å². The molecule has 1 aromatic rings. The minimum atomic E-state index is -0.186. The van der Waals surface area contributed by atoms with Gasteiger partial charge < -0.3 is 11.1 Å². The first kappa shape index (κ1) is 16.1. The van der Waals surface area contributed by atoms with E-state index in [1.54, 1.807) is 6.07 Å². The Hall–Kier alpha value is -2.43. The molecule has 1 saturated carbocycles. The molecule has 4 atom stereocenters. The highest BCUT2D eigenvalue weighted by molar-refractivity contribution is 5.95. The van der Waals surface area contributed by atoms with Crippen LogP contribution in [0.3, 0.4) is 0 Å². The third-order valence-corrected chi connectivity index (χ3v) is 5.76. The van der Waals surface area contributed by atoms with Crippen LogP contribution in [0, 0.1) is 30.5 Å². The molecule has 1 aromatic carbocycles. The Morgan fingerprint density at radius 2 is 2.04 bits per heavy atom. The van der Waals surface area contributed by atoms with E-state index in [0.29, 0.717) is 18.4 Å². The third kappa shape index (κ3) is 2.77. The molecule has 5 heteroatoms. The zero-order valence-corrected chi connectivity index (χ0v) is 14.5. The number of hydrogen-bond donors (Lipinski definition) is 2. The van der Waals surface area contributed by atoms with Gasteiger partial charge in [-0.15, -0.1) is 5.10 Å². The second-order valence-corrected chi connectivity index (χ2v) is 7.28. The van der Waals surface area contributed by atoms with Gasteiger partial charge in [0.15, 0.2) is 0 Å². The van der Waals surface area contributed by atoms with E-state index in [0.717, 1.165) is 23.3 Å². The fourth-order valence-corrected chi connectivity index (χ4v) is 4.56. The highest BCUT2D eigenvalue weighted by atomic mass is 19.1. The minimum Gasteiger partial charge on any atom is -0.368 e. The Kier molecular flexibility index (Phi) is 3.94. The molecule has 1 aliphatic heterocycles. The summed E-state index contributed by atoms with van der Waals surface area (Å²) in [5, 5.41) is 11.9. The maximum absolute atomic E-state index is 14.0. The summed E-state index contributed by atoms with van der Waals surface area (Å²) in [6.45, 7) is 4.88. The van der Waals surface area contributed by atoms with Gasteiger partial charge in [-0.3, -0.25) is 0 Å². The van der Waals surface area contributed by atoms with Crippen LogP contribution in [0.15, 0.2) is 52.2 Å². The summed E-state index contributed by atoms with van der Waals surface area (Å²) >= 11 is 0. The Morgan fingerprint density at radius 3 is 2.88 bits per heavy atom. The normalized spacial score (nSPS) is 30.9. The van der Waals surface area contributed by atoms with Crippen LogP contribution >= 0.6 is 0 Å². The molecule has 25 heavy (non-hydrogen) atoms. The largest absolute Gasteiger partial charge is 0.368 e. The molecule has 0 bridgehead atoms. The fourth-order valence-electron chi connectivity index (χ4n) is 4.56. The minimum absolute atomic E-state index is 0.154. The molecule has 0 aromatic heterocycles. The molecule has 0 spiro atoms. The second-order valence-electron chi connectivity index (χ2n) is 7.28. The lowest BCUT2D eigenvalue weighted by Crippen LogP contribution is -2.45. The van der Waals surface area contributed by atoms with Crippen LogP contribution in [-0.2, 0) is 0 Å². The van der Waals surface area contributed by atoms with E-state index in [9.17, 15) is 4.39 Å². The molecule has 1 heterocycles. The van der Waals surface area contributed by atoms with Crippen LogP contribution < -0.4 is 11.1 Å². The number of fused-ring (bicyclic) bond motifs is 3. The van der Waals surface area contributed by atoms with Crippen LogP contribution in [0.25, 0.3) is 0 Å². The number of aryl methyl sites for hydroxylation is 1. The first-order valence-electron chi connectivity index (χ1n) is 8.80. The van der Waals surface area contributed by atoms with Gasteiger partial charge in [0.05, 0.1) is 5.71 Å². The van der Waals surface area contributed by atoms with Crippen molar-refractivity contribution in [2.24, 2.45) is 33.7 Å². The molecule has 0 radical (unpaired) electrons. The van der Waals surface area contributed by atoms with Gasteiger partial charge in [0.25, 0.3) is 0 Å². The SMILES string of the molecule is CC1=CC=CC2CC(c3cc(F)ccc3C)C3CNC(N)=NN=C3C12. The van der Waals surface area contributed by atoms with Gasteiger partial charge in [0, 0.05) is 18.4 Å². The van der Waals surface area contributed by atoms with Crippen molar-refractivity contribution in [3.8, 4) is 0 Å². The molecule has 4 unspecified atom stereocenters. The molecule has 0 saturated heterocycles. The highest BCUT2D eigenvalue weighted by Gasteiger charge is 2.44. The second kappa shape index (κ2) is 6.14. The molecule has 3 aliphatic rings. The van der Waals surface area contributed by atoms with E-state index in [1.807, 2.05) is 6.07 Å². The lowest BCUT2D eigenvalue weighted by atomic mass is 9.61. The van der Waals surface area contributed by atoms with Gasteiger partial charge in [-0.1, -0.05) is 29.9 Å². The average Bonchev–Trinajstić information content (AvgIpc) is 2.79. The van der Waals surface area contributed by atoms with Crippen LogP contribution in [-0.4, -0.2) is 18.2 Å². The zero-order valence-electron chi connectivity index (χ0n) is 14.5. The number of nitrogens with one attached hydrogen (secondary N) is 1. The lowest BCUT2D eigenvalue weighted by molar-refractivity contribution is 0.347. The third-order valence-electron chi connectivity index (χ3n) is 5.76. The Morgan fingerprint density at radius 1 is 1.20 bits per heavy atom. The van der Waals surface area contributed by atoms with E-state index in [1.165, 1.54) is 11.6 Å². The summed E-state index contributed by atoms with van der Waals surface area (Å²) < 4.78 is 14.0. The summed E-state index contributed by atoms with van der Waals surface area (Å²) in [7, 11) is 0. The monoisotopic (exact) mass is 338 g/mol. The van der Waals surface area contributed by atoms with Crippen molar-refractivity contribution in [2.75, 3.05) is 6.54 Å². The molecule has 2 aliphatic carbocycles. The van der Waals surface area contributed by atoms with Gasteiger partial charge in [-0.05, 0) is 55.4 Å². The van der Waals surface area contributed by atoms with Crippen molar-refractivity contribution < 1.29 is 4.39 Å². The zero-order chi connectivity index (χ0) is 17.6. The highest BCUT2D eigenvalue weighted by Crippen LogP contribution is 2.47. The fraction of sp³-hybridized carbons (Fsp3) is 0.400. The van der Waals surface area contributed by atoms with Gasteiger partial charge >= 0.3 is 0 Å². The Labute approximate surface area is 147 Å². The number of hydrogen-bond acceptors (Lipinski definition) is 4. The quantitative estimate of drug-likeness (QED) is 0.825. The summed E-state index contributed by atoms with van der Waals surface area (Å²) in [4.78, 5) is 0. The van der Waals surface area contributed by atoms with Gasteiger partial charge in [0.1, 0.15) is 5.82 Å². The van der Waals surface area contributed by atoms with Crippen molar-refractivity contribution in [3.05, 3.63) is 58.9 Å². The predicted octanol–water partition coefficient (Wildman–Crippen LogP) is 3.26. The van der Waals surface area contributed by atoms with Crippen molar-refractivity contribution in [2.45, 2.75) is 26.2 Å². The van der Waals surface area contributed by atoms with Crippen LogP contribution in [0.1, 0.15) is 30.4 Å². The molecule has 4 nitrogen and oxygen atoms in total. The van der Waals surface area contributed by atoms with Crippen molar-refractivity contribution in [3.63, 3.8) is 0 Å². The standard InChI is InChI=1S/C20H23FN4/c1-11-6-7-14(21)9-15(11)16-8-13-5-3-4-12(2)18(13)19-17(16)10-23-20(22)25-24-19/h3-7,9,13,16-18H,8,10H2,1-2H3,(H3,22,23,25). The number of benzene rings is 1. The van der Waals surface area contributed by atoms with E-state index >= 15 is 0 Å². The topological polar surface area (TPSA) is 62.8 Å². The van der Waals surface area contributed by atoms with Crippen molar-refractivity contribution >= 4 is 11.7 Å². The number of guanidine groups is 1. The molecular formula is C20H23FN4. The smallest absolute Gasteiger partial charge is 0.213 e. The van der Waals surface area contributed by atoms with Gasteiger partial charge in [-0.2, -0.15) is 5.10 Å². The van der Waals surface area contributed by atoms with E-state index in [2.05, 4.69) is 47.6 Å². The number of rotatable bonds is 1. The van der Waals surface area contributed by atoms with Gasteiger partial charge in [0.2, 0.25) is 5.96 Å². The maximum Gasteiger partial charge on any atom is 0.213 e. The maximum atomic E-state index is 14.0. The molecule has 3 N–H and O–H groups in total. The average molecular weight is 338 g/mol.